The fourth-order valence-electron chi connectivity index (χ4n) is 1.94. The van der Waals surface area contributed by atoms with Crippen LogP contribution in [0.5, 0.6) is 0 Å². The van der Waals surface area contributed by atoms with Crippen molar-refractivity contribution in [1.29, 1.82) is 0 Å². The first kappa shape index (κ1) is 11.1. The van der Waals surface area contributed by atoms with Gasteiger partial charge in [0.15, 0.2) is 5.78 Å². The van der Waals surface area contributed by atoms with Crippen LogP contribution in [0, 0.1) is 6.92 Å². The van der Waals surface area contributed by atoms with Crippen LogP contribution in [-0.4, -0.2) is 10.8 Å². The third-order valence-corrected chi connectivity index (χ3v) is 3.81. The van der Waals surface area contributed by atoms with Crippen LogP contribution in [0.2, 0.25) is 0 Å². The van der Waals surface area contributed by atoms with Gasteiger partial charge in [-0.05, 0) is 30.0 Å². The van der Waals surface area contributed by atoms with Crippen molar-refractivity contribution in [3.05, 3.63) is 64.0 Å². The minimum Gasteiger partial charge on any atom is -0.289 e. The largest absolute Gasteiger partial charge is 0.289 e. The molecular weight excluding hydrogens is 242 g/mol. The maximum atomic E-state index is 12.3. The predicted molar refractivity (Wildman–Crippen MR) is 74.2 cm³/mol. The molecule has 0 saturated heterocycles. The molecule has 2 aromatic heterocycles. The highest BCUT2D eigenvalue weighted by molar-refractivity contribution is 7.08. The molecule has 3 aromatic rings. The lowest BCUT2D eigenvalue weighted by atomic mass is 10.0. The molecule has 0 unspecified atom stereocenters. The second-order valence-electron chi connectivity index (χ2n) is 4.21. The Morgan fingerprint density at radius 1 is 1.22 bits per heavy atom. The first-order valence-corrected chi connectivity index (χ1v) is 6.62. The molecular formula is C15H11NOS. The summed E-state index contributed by atoms with van der Waals surface area (Å²) in [6.07, 6.45) is 1.65. The first-order chi connectivity index (χ1) is 8.75. The molecule has 0 saturated carbocycles. The molecule has 0 spiro atoms. The van der Waals surface area contributed by atoms with E-state index in [0.717, 1.165) is 22.0 Å². The summed E-state index contributed by atoms with van der Waals surface area (Å²) in [5, 5.41) is 4.88. The number of carbonyl (C=O) groups is 1. The second-order valence-corrected chi connectivity index (χ2v) is 4.96. The van der Waals surface area contributed by atoms with Crippen LogP contribution < -0.4 is 0 Å². The summed E-state index contributed by atoms with van der Waals surface area (Å²) in [6.45, 7) is 1.96. The van der Waals surface area contributed by atoms with E-state index < -0.39 is 0 Å². The van der Waals surface area contributed by atoms with Gasteiger partial charge in [-0.1, -0.05) is 18.2 Å². The lowest BCUT2D eigenvalue weighted by molar-refractivity contribution is 0.103. The van der Waals surface area contributed by atoms with Gasteiger partial charge in [-0.25, -0.2) is 0 Å². The average Bonchev–Trinajstić information content (AvgIpc) is 2.83. The van der Waals surface area contributed by atoms with Crippen LogP contribution in [0.25, 0.3) is 10.9 Å². The molecule has 3 heteroatoms. The molecule has 0 aliphatic carbocycles. The Kier molecular flexibility index (Phi) is 2.68. The summed E-state index contributed by atoms with van der Waals surface area (Å²) in [7, 11) is 0. The molecule has 88 valence electrons. The van der Waals surface area contributed by atoms with Gasteiger partial charge in [0.1, 0.15) is 0 Å². The standard InChI is InChI=1S/C15H11NOS/c1-10-8-18-9-13(10)15(17)12-6-11-4-2-3-5-14(11)16-7-12/h2-9H,1H3. The van der Waals surface area contributed by atoms with Crippen LogP contribution in [0.3, 0.4) is 0 Å². The molecule has 0 aliphatic heterocycles. The summed E-state index contributed by atoms with van der Waals surface area (Å²) in [5.41, 5.74) is 3.36. The van der Waals surface area contributed by atoms with Crippen LogP contribution in [-0.2, 0) is 0 Å². The van der Waals surface area contributed by atoms with E-state index >= 15 is 0 Å². The van der Waals surface area contributed by atoms with Crippen molar-refractivity contribution in [2.24, 2.45) is 0 Å². The van der Waals surface area contributed by atoms with Gasteiger partial charge < -0.3 is 0 Å². The normalized spacial score (nSPS) is 10.7. The molecule has 0 radical (unpaired) electrons. The zero-order valence-corrected chi connectivity index (χ0v) is 10.7. The minimum absolute atomic E-state index is 0.0482. The number of ketones is 1. The van der Waals surface area contributed by atoms with E-state index in [1.807, 2.05) is 48.0 Å². The third kappa shape index (κ3) is 1.83. The zero-order valence-electron chi connectivity index (χ0n) is 9.88. The van der Waals surface area contributed by atoms with Gasteiger partial charge in [-0.2, -0.15) is 11.3 Å². The average molecular weight is 253 g/mol. The van der Waals surface area contributed by atoms with Gasteiger partial charge >= 0.3 is 0 Å². The van der Waals surface area contributed by atoms with E-state index in [9.17, 15) is 4.79 Å². The monoisotopic (exact) mass is 253 g/mol. The molecule has 0 amide bonds. The van der Waals surface area contributed by atoms with Gasteiger partial charge in [0.25, 0.3) is 0 Å². The quantitative estimate of drug-likeness (QED) is 0.649. The topological polar surface area (TPSA) is 30.0 Å². The SMILES string of the molecule is Cc1cscc1C(=O)c1cnc2ccccc2c1. The summed E-state index contributed by atoms with van der Waals surface area (Å²) in [4.78, 5) is 16.7. The number of para-hydroxylation sites is 1. The Bertz CT molecular complexity index is 730. The molecule has 0 aliphatic rings. The van der Waals surface area contributed by atoms with Crippen LogP contribution in [0.1, 0.15) is 21.5 Å². The smallest absolute Gasteiger partial charge is 0.195 e. The van der Waals surface area contributed by atoms with E-state index in [2.05, 4.69) is 4.98 Å². The number of hydrogen-bond acceptors (Lipinski definition) is 3. The number of pyridine rings is 1. The number of hydrogen-bond donors (Lipinski definition) is 0. The summed E-state index contributed by atoms with van der Waals surface area (Å²) >= 11 is 1.55. The fourth-order valence-corrected chi connectivity index (χ4v) is 2.77. The maximum absolute atomic E-state index is 12.3. The van der Waals surface area contributed by atoms with Gasteiger partial charge in [0, 0.05) is 28.1 Å². The highest BCUT2D eigenvalue weighted by Crippen LogP contribution is 2.20. The van der Waals surface area contributed by atoms with E-state index in [-0.39, 0.29) is 5.78 Å². The Labute approximate surface area is 109 Å². The maximum Gasteiger partial charge on any atom is 0.195 e. The van der Waals surface area contributed by atoms with Crippen LogP contribution >= 0.6 is 11.3 Å². The highest BCUT2D eigenvalue weighted by atomic mass is 32.1. The first-order valence-electron chi connectivity index (χ1n) is 5.68. The van der Waals surface area contributed by atoms with Crippen LogP contribution in [0.15, 0.2) is 47.3 Å². The number of nitrogens with zero attached hydrogens (tertiary/aromatic N) is 1. The van der Waals surface area contributed by atoms with Crippen molar-refractivity contribution < 1.29 is 4.79 Å². The summed E-state index contributed by atoms with van der Waals surface area (Å²) in [6, 6.07) is 9.72. The third-order valence-electron chi connectivity index (χ3n) is 2.95. The van der Waals surface area contributed by atoms with Crippen molar-refractivity contribution in [2.45, 2.75) is 6.92 Å². The zero-order chi connectivity index (χ0) is 12.5. The van der Waals surface area contributed by atoms with Gasteiger partial charge in [-0.3, -0.25) is 9.78 Å². The second kappa shape index (κ2) is 4.35. The molecule has 0 atom stereocenters. The molecule has 0 bridgehead atoms. The molecule has 0 N–H and O–H groups in total. The number of rotatable bonds is 2. The van der Waals surface area contributed by atoms with Crippen molar-refractivity contribution >= 4 is 28.0 Å². The van der Waals surface area contributed by atoms with Gasteiger partial charge in [0.2, 0.25) is 0 Å². The number of benzene rings is 1. The Morgan fingerprint density at radius 2 is 2.06 bits per heavy atom. The Morgan fingerprint density at radius 3 is 2.83 bits per heavy atom. The summed E-state index contributed by atoms with van der Waals surface area (Å²) < 4.78 is 0. The van der Waals surface area contributed by atoms with Crippen molar-refractivity contribution in [3.63, 3.8) is 0 Å². The number of aromatic nitrogens is 1. The minimum atomic E-state index is 0.0482. The lowest BCUT2D eigenvalue weighted by Crippen LogP contribution is -2.02. The molecule has 1 aromatic carbocycles. The van der Waals surface area contributed by atoms with Crippen LogP contribution in [0.4, 0.5) is 0 Å². The van der Waals surface area contributed by atoms with Gasteiger partial charge in [-0.15, -0.1) is 0 Å². The number of carbonyl (C=O) groups excluding carboxylic acids is 1. The molecule has 18 heavy (non-hydrogen) atoms. The molecule has 3 rings (SSSR count). The number of fused-ring (bicyclic) bond motifs is 1. The molecule has 0 fully saturated rings. The summed E-state index contributed by atoms with van der Waals surface area (Å²) in [5.74, 6) is 0.0482. The predicted octanol–water partition coefficient (Wildman–Crippen LogP) is 3.84. The van der Waals surface area contributed by atoms with Crippen molar-refractivity contribution in [1.82, 2.24) is 4.98 Å². The number of thiophene rings is 1. The van der Waals surface area contributed by atoms with Crippen molar-refractivity contribution in [3.8, 4) is 0 Å². The number of aryl methyl sites for hydroxylation is 1. The Hall–Kier alpha value is -2.00. The van der Waals surface area contributed by atoms with E-state index in [1.54, 1.807) is 17.5 Å². The molecule has 2 heterocycles. The fraction of sp³-hybridized carbons (Fsp3) is 0.0667. The van der Waals surface area contributed by atoms with E-state index in [0.29, 0.717) is 5.56 Å². The van der Waals surface area contributed by atoms with Gasteiger partial charge in [0.05, 0.1) is 5.52 Å². The van der Waals surface area contributed by atoms with Crippen molar-refractivity contribution in [2.75, 3.05) is 0 Å². The molecule has 2 nitrogen and oxygen atoms in total. The lowest BCUT2D eigenvalue weighted by Gasteiger charge is -2.02. The van der Waals surface area contributed by atoms with E-state index in [1.165, 1.54) is 0 Å². The van der Waals surface area contributed by atoms with E-state index in [4.69, 9.17) is 0 Å². The Balaban J connectivity index is 2.10. The highest BCUT2D eigenvalue weighted by Gasteiger charge is 2.13.